The molecule has 0 aliphatic carbocycles. The number of carbonyl (C=O) groups excluding carboxylic acids is 4. The van der Waals surface area contributed by atoms with Crippen molar-refractivity contribution in [3.8, 4) is 5.75 Å². The van der Waals surface area contributed by atoms with E-state index in [0.717, 1.165) is 12.1 Å². The van der Waals surface area contributed by atoms with Crippen LogP contribution in [-0.4, -0.2) is 103 Å². The molecule has 1 atom stereocenters. The molecule has 0 N–H and O–H groups in total. The number of alkyl halides is 3. The number of amides is 4. The van der Waals surface area contributed by atoms with E-state index < -0.39 is 23.7 Å². The van der Waals surface area contributed by atoms with Gasteiger partial charge in [0.25, 0.3) is 11.8 Å². The Morgan fingerprint density at radius 3 is 2.36 bits per heavy atom. The summed E-state index contributed by atoms with van der Waals surface area (Å²) < 4.78 is 45.8. The summed E-state index contributed by atoms with van der Waals surface area (Å²) in [7, 11) is 4.92. The molecule has 1 aliphatic heterocycles. The topological polar surface area (TPSA) is 90.5 Å². The van der Waals surface area contributed by atoms with Crippen LogP contribution in [0.4, 0.5) is 13.2 Å². The highest BCUT2D eigenvalue weighted by Gasteiger charge is 2.32. The second-order valence-corrected chi connectivity index (χ2v) is 11.1. The van der Waals surface area contributed by atoms with Crippen LogP contribution in [0.25, 0.3) is 0 Å². The van der Waals surface area contributed by atoms with Crippen LogP contribution in [-0.2, 0) is 15.8 Å². The summed E-state index contributed by atoms with van der Waals surface area (Å²) in [6.07, 6.45) is -2.31. The Balaban J connectivity index is 1.85. The zero-order chi connectivity index (χ0) is 32.4. The van der Waals surface area contributed by atoms with Gasteiger partial charge < -0.3 is 24.3 Å². The molecule has 1 heterocycles. The van der Waals surface area contributed by atoms with Gasteiger partial charge in [0.1, 0.15) is 11.8 Å². The standard InChI is InChI=1S/C32H41F3N4O5/c1-23(40)36(2)18-10-15-27-31(43)37(3)17-7-8-19-39(29(41)24-12-9-13-25(22-24)32(33,34)35)20-11-21-44-28-16-6-5-14-26(28)30(42)38(27)4/h5-6,9,12-14,16,22,27H,7-8,10-11,15,17-21H2,1-4H3/t27-/m0/s1. The molecule has 4 amide bonds. The van der Waals surface area contributed by atoms with Gasteiger partial charge in [-0.15, -0.1) is 0 Å². The Hall–Kier alpha value is -4.09. The summed E-state index contributed by atoms with van der Waals surface area (Å²) in [4.78, 5) is 58.4. The van der Waals surface area contributed by atoms with Gasteiger partial charge in [0, 0.05) is 59.8 Å². The first kappa shape index (κ1) is 34.4. The highest BCUT2D eigenvalue weighted by atomic mass is 19.4. The number of fused-ring (bicyclic) bond motifs is 1. The maximum absolute atomic E-state index is 13.7. The van der Waals surface area contributed by atoms with Crippen molar-refractivity contribution in [3.63, 3.8) is 0 Å². The Morgan fingerprint density at radius 1 is 0.977 bits per heavy atom. The minimum absolute atomic E-state index is 0.0558. The van der Waals surface area contributed by atoms with Gasteiger partial charge in [-0.1, -0.05) is 18.2 Å². The number of ether oxygens (including phenoxy) is 1. The third-order valence-electron chi connectivity index (χ3n) is 7.80. The van der Waals surface area contributed by atoms with Crippen LogP contribution in [0.15, 0.2) is 48.5 Å². The SMILES string of the molecule is CC(=O)N(C)CCC[C@H]1C(=O)N(C)CCCCN(C(=O)c2cccc(C(F)(F)F)c2)CCCOc2ccccc2C(=O)N1C. The maximum Gasteiger partial charge on any atom is 0.416 e. The maximum atomic E-state index is 13.7. The molecule has 0 saturated carbocycles. The monoisotopic (exact) mass is 618 g/mol. The van der Waals surface area contributed by atoms with Crippen molar-refractivity contribution in [2.75, 3.05) is 53.9 Å². The zero-order valence-corrected chi connectivity index (χ0v) is 25.7. The fraction of sp³-hybridized carbons (Fsp3) is 0.500. The van der Waals surface area contributed by atoms with Crippen molar-refractivity contribution in [2.24, 2.45) is 0 Å². The Kier molecular flexibility index (Phi) is 12.2. The molecule has 12 heteroatoms. The van der Waals surface area contributed by atoms with Gasteiger partial charge in [-0.2, -0.15) is 13.2 Å². The van der Waals surface area contributed by atoms with E-state index in [0.29, 0.717) is 50.9 Å². The van der Waals surface area contributed by atoms with Gasteiger partial charge in [0.15, 0.2) is 0 Å². The molecular formula is C32H41F3N4O5. The number of hydrogen-bond donors (Lipinski definition) is 0. The lowest BCUT2D eigenvalue weighted by atomic mass is 10.1. The average molecular weight is 619 g/mol. The van der Waals surface area contributed by atoms with E-state index in [2.05, 4.69) is 0 Å². The minimum Gasteiger partial charge on any atom is -0.493 e. The van der Waals surface area contributed by atoms with Crippen LogP contribution in [0.5, 0.6) is 5.75 Å². The van der Waals surface area contributed by atoms with E-state index in [9.17, 15) is 32.3 Å². The lowest BCUT2D eigenvalue weighted by Gasteiger charge is -2.32. The summed E-state index contributed by atoms with van der Waals surface area (Å²) in [5, 5.41) is 0. The highest BCUT2D eigenvalue weighted by molar-refractivity contribution is 5.99. The molecular weight excluding hydrogens is 577 g/mol. The lowest BCUT2D eigenvalue weighted by Crippen LogP contribution is -2.49. The van der Waals surface area contributed by atoms with E-state index >= 15 is 0 Å². The highest BCUT2D eigenvalue weighted by Crippen LogP contribution is 2.30. The van der Waals surface area contributed by atoms with Gasteiger partial charge in [-0.05, 0) is 62.4 Å². The first-order chi connectivity index (χ1) is 20.8. The molecule has 0 spiro atoms. The van der Waals surface area contributed by atoms with Gasteiger partial charge in [-0.25, -0.2) is 0 Å². The van der Waals surface area contributed by atoms with Crippen LogP contribution in [0.1, 0.15) is 65.3 Å². The summed E-state index contributed by atoms with van der Waals surface area (Å²) in [6.45, 7) is 2.93. The normalized spacial score (nSPS) is 17.6. The van der Waals surface area contributed by atoms with Gasteiger partial charge in [0.2, 0.25) is 11.8 Å². The molecule has 2 aromatic rings. The molecule has 1 aliphatic rings. The smallest absolute Gasteiger partial charge is 0.416 e. The van der Waals surface area contributed by atoms with Crippen molar-refractivity contribution in [2.45, 2.75) is 51.2 Å². The lowest BCUT2D eigenvalue weighted by molar-refractivity contribution is -0.137. The van der Waals surface area contributed by atoms with Crippen molar-refractivity contribution in [3.05, 3.63) is 65.2 Å². The molecule has 0 saturated heterocycles. The van der Waals surface area contributed by atoms with E-state index in [-0.39, 0.29) is 48.5 Å². The van der Waals surface area contributed by atoms with E-state index in [1.807, 2.05) is 0 Å². The van der Waals surface area contributed by atoms with Gasteiger partial charge in [-0.3, -0.25) is 19.2 Å². The van der Waals surface area contributed by atoms with Crippen molar-refractivity contribution >= 4 is 23.6 Å². The molecule has 3 rings (SSSR count). The largest absolute Gasteiger partial charge is 0.493 e. The quantitative estimate of drug-likeness (QED) is 0.490. The first-order valence-electron chi connectivity index (χ1n) is 14.7. The van der Waals surface area contributed by atoms with Gasteiger partial charge in [0.05, 0.1) is 17.7 Å². The van der Waals surface area contributed by atoms with E-state index in [1.165, 1.54) is 28.9 Å². The van der Waals surface area contributed by atoms with E-state index in [1.54, 1.807) is 55.2 Å². The Morgan fingerprint density at radius 2 is 1.66 bits per heavy atom. The van der Waals surface area contributed by atoms with Gasteiger partial charge >= 0.3 is 6.18 Å². The fourth-order valence-electron chi connectivity index (χ4n) is 5.04. The predicted molar refractivity (Wildman–Crippen MR) is 159 cm³/mol. The molecule has 2 aromatic carbocycles. The molecule has 0 unspecified atom stereocenters. The van der Waals surface area contributed by atoms with E-state index in [4.69, 9.17) is 4.74 Å². The third-order valence-corrected chi connectivity index (χ3v) is 7.80. The second-order valence-electron chi connectivity index (χ2n) is 11.1. The number of likely N-dealkylation sites (N-methyl/N-ethyl adjacent to an activating group) is 2. The van der Waals surface area contributed by atoms with Crippen LogP contribution >= 0.6 is 0 Å². The molecule has 0 radical (unpaired) electrons. The Labute approximate surface area is 256 Å². The number of rotatable bonds is 5. The van der Waals surface area contributed by atoms with Crippen molar-refractivity contribution in [1.29, 1.82) is 0 Å². The van der Waals surface area contributed by atoms with Crippen molar-refractivity contribution < 1.29 is 37.1 Å². The molecule has 0 fully saturated rings. The fourth-order valence-corrected chi connectivity index (χ4v) is 5.04. The molecule has 44 heavy (non-hydrogen) atoms. The number of halogens is 3. The summed E-state index contributed by atoms with van der Waals surface area (Å²) in [5.74, 6) is -0.936. The minimum atomic E-state index is -4.57. The number of benzene rings is 2. The Bertz CT molecular complexity index is 1320. The van der Waals surface area contributed by atoms with Crippen LogP contribution in [0, 0.1) is 0 Å². The number of nitrogens with zero attached hydrogens (tertiary/aromatic N) is 4. The number of para-hydroxylation sites is 1. The zero-order valence-electron chi connectivity index (χ0n) is 25.7. The van der Waals surface area contributed by atoms with Crippen LogP contribution in [0.3, 0.4) is 0 Å². The summed E-state index contributed by atoms with van der Waals surface area (Å²) in [5.41, 5.74) is -0.671. The predicted octanol–water partition coefficient (Wildman–Crippen LogP) is 4.57. The molecule has 0 bridgehead atoms. The van der Waals surface area contributed by atoms with Crippen LogP contribution in [0.2, 0.25) is 0 Å². The average Bonchev–Trinajstić information content (AvgIpc) is 3.00. The molecule has 240 valence electrons. The first-order valence-corrected chi connectivity index (χ1v) is 14.7. The third kappa shape index (κ3) is 9.20. The second kappa shape index (κ2) is 15.6. The molecule has 0 aromatic heterocycles. The number of hydrogen-bond acceptors (Lipinski definition) is 5. The number of carbonyl (C=O) groups is 4. The summed E-state index contributed by atoms with van der Waals surface area (Å²) >= 11 is 0. The van der Waals surface area contributed by atoms with Crippen molar-refractivity contribution in [1.82, 2.24) is 19.6 Å². The summed E-state index contributed by atoms with van der Waals surface area (Å²) in [6, 6.07) is 10.3. The molecule has 9 nitrogen and oxygen atoms in total. The van der Waals surface area contributed by atoms with Crippen LogP contribution < -0.4 is 4.74 Å².